The number of hydrogen-bond acceptors (Lipinski definition) is 3. The van der Waals surface area contributed by atoms with Gasteiger partial charge in [0, 0.05) is 28.0 Å². The molecule has 1 unspecified atom stereocenters. The van der Waals surface area contributed by atoms with Gasteiger partial charge >= 0.3 is 0 Å². The lowest BCUT2D eigenvalue weighted by molar-refractivity contribution is 0.181. The minimum Gasteiger partial charge on any atom is -0.496 e. The third-order valence-electron chi connectivity index (χ3n) is 3.33. The van der Waals surface area contributed by atoms with Crippen LogP contribution in [0.2, 0.25) is 0 Å². The largest absolute Gasteiger partial charge is 0.496 e. The Morgan fingerprint density at radius 3 is 2.43 bits per heavy atom. The van der Waals surface area contributed by atoms with Crippen LogP contribution in [0.4, 0.5) is 5.69 Å². The molecule has 0 fully saturated rings. The predicted octanol–water partition coefficient (Wildman–Crippen LogP) is 4.62. The van der Waals surface area contributed by atoms with Gasteiger partial charge in [0.1, 0.15) is 5.75 Å². The van der Waals surface area contributed by atoms with E-state index in [1.54, 1.807) is 14.2 Å². The molecule has 0 aliphatic carbocycles. The molecule has 0 radical (unpaired) electrons. The monoisotopic (exact) mass is 397 g/mol. The number of rotatable bonds is 6. The van der Waals surface area contributed by atoms with Gasteiger partial charge in [0.2, 0.25) is 0 Å². The molecule has 0 saturated heterocycles. The van der Waals surface area contributed by atoms with E-state index in [0.29, 0.717) is 6.61 Å². The first-order valence-corrected chi connectivity index (χ1v) is 7.89. The second-order valence-corrected chi connectivity index (χ2v) is 6.12. The molecule has 2 aromatic rings. The van der Waals surface area contributed by atoms with Gasteiger partial charge in [-0.1, -0.05) is 6.07 Å². The maximum atomic E-state index is 5.36. The summed E-state index contributed by atoms with van der Waals surface area (Å²) in [5.41, 5.74) is 3.39. The van der Waals surface area contributed by atoms with E-state index in [0.717, 1.165) is 17.0 Å². The summed E-state index contributed by atoms with van der Waals surface area (Å²) in [5.74, 6) is 0.863. The molecular weight excluding hydrogens is 377 g/mol. The minimum absolute atomic E-state index is 0.214. The summed E-state index contributed by atoms with van der Waals surface area (Å²) in [4.78, 5) is 0. The average molecular weight is 397 g/mol. The Bertz CT molecular complexity index is 584. The van der Waals surface area contributed by atoms with E-state index in [4.69, 9.17) is 9.47 Å². The van der Waals surface area contributed by atoms with E-state index in [-0.39, 0.29) is 6.04 Å². The van der Waals surface area contributed by atoms with Gasteiger partial charge in [-0.25, -0.2) is 0 Å². The van der Waals surface area contributed by atoms with Crippen molar-refractivity contribution in [3.05, 3.63) is 57.2 Å². The molecule has 4 heteroatoms. The molecule has 0 aliphatic rings. The van der Waals surface area contributed by atoms with Gasteiger partial charge in [0.25, 0.3) is 0 Å². The summed E-state index contributed by atoms with van der Waals surface area (Å²) in [6.45, 7) is 2.70. The van der Waals surface area contributed by atoms with E-state index in [1.807, 2.05) is 6.07 Å². The first kappa shape index (κ1) is 16.1. The maximum absolute atomic E-state index is 5.36. The molecule has 2 rings (SSSR count). The van der Waals surface area contributed by atoms with Crippen LogP contribution in [0.25, 0.3) is 0 Å². The van der Waals surface area contributed by atoms with Crippen LogP contribution in [0.1, 0.15) is 24.1 Å². The lowest BCUT2D eigenvalue weighted by atomic mass is 10.0. The Labute approximate surface area is 139 Å². The second kappa shape index (κ2) is 7.66. The van der Waals surface area contributed by atoms with E-state index in [2.05, 4.69) is 71.2 Å². The molecule has 1 N–H and O–H groups in total. The van der Waals surface area contributed by atoms with E-state index < -0.39 is 0 Å². The summed E-state index contributed by atoms with van der Waals surface area (Å²) in [7, 11) is 3.38. The van der Waals surface area contributed by atoms with E-state index in [1.165, 1.54) is 9.13 Å². The molecule has 3 nitrogen and oxygen atoms in total. The quantitative estimate of drug-likeness (QED) is 0.722. The molecule has 112 valence electrons. The van der Waals surface area contributed by atoms with Crippen LogP contribution in [0, 0.1) is 3.57 Å². The van der Waals surface area contributed by atoms with Gasteiger partial charge in [0.15, 0.2) is 0 Å². The third kappa shape index (κ3) is 4.35. The van der Waals surface area contributed by atoms with Crippen LogP contribution in [0.3, 0.4) is 0 Å². The zero-order chi connectivity index (χ0) is 15.2. The van der Waals surface area contributed by atoms with Crippen molar-refractivity contribution in [2.45, 2.75) is 19.6 Å². The van der Waals surface area contributed by atoms with Crippen molar-refractivity contribution >= 4 is 28.3 Å². The van der Waals surface area contributed by atoms with Crippen molar-refractivity contribution in [2.24, 2.45) is 0 Å². The number of methoxy groups -OCH3 is 2. The summed E-state index contributed by atoms with van der Waals surface area (Å²) in [5, 5.41) is 3.51. The molecule has 0 bridgehead atoms. The third-order valence-corrected chi connectivity index (χ3v) is 4.05. The van der Waals surface area contributed by atoms with E-state index in [9.17, 15) is 0 Å². The predicted molar refractivity (Wildman–Crippen MR) is 94.9 cm³/mol. The summed E-state index contributed by atoms with van der Waals surface area (Å²) in [6.07, 6.45) is 0. The number of anilines is 1. The highest BCUT2D eigenvalue weighted by Gasteiger charge is 2.10. The van der Waals surface area contributed by atoms with Crippen molar-refractivity contribution in [3.8, 4) is 5.75 Å². The van der Waals surface area contributed by atoms with Crippen LogP contribution in [-0.4, -0.2) is 14.2 Å². The van der Waals surface area contributed by atoms with Crippen molar-refractivity contribution in [2.75, 3.05) is 19.5 Å². The Morgan fingerprint density at radius 2 is 1.81 bits per heavy atom. The number of halogens is 1. The fourth-order valence-electron chi connectivity index (χ4n) is 2.22. The van der Waals surface area contributed by atoms with Crippen molar-refractivity contribution < 1.29 is 9.47 Å². The molecule has 0 aliphatic heterocycles. The molecule has 21 heavy (non-hydrogen) atoms. The zero-order valence-electron chi connectivity index (χ0n) is 12.5. The van der Waals surface area contributed by atoms with Crippen LogP contribution in [-0.2, 0) is 11.3 Å². The van der Waals surface area contributed by atoms with Gasteiger partial charge in [-0.15, -0.1) is 0 Å². The summed E-state index contributed by atoms with van der Waals surface area (Å²) in [6, 6.07) is 14.8. The first-order valence-electron chi connectivity index (χ1n) is 6.82. The standard InChI is InChI=1S/C17H20INO2/c1-12(19-16-7-5-15(18)6-8-16)13-4-9-17(21-3)14(10-13)11-20-2/h4-10,12,19H,11H2,1-3H3. The Kier molecular flexibility index (Phi) is 5.87. The molecule has 0 heterocycles. The molecule has 0 aromatic heterocycles. The highest BCUT2D eigenvalue weighted by molar-refractivity contribution is 14.1. The Balaban J connectivity index is 2.16. The van der Waals surface area contributed by atoms with Gasteiger partial charge in [-0.05, 0) is 71.5 Å². The van der Waals surface area contributed by atoms with Crippen molar-refractivity contribution in [1.29, 1.82) is 0 Å². The number of nitrogens with one attached hydrogen (secondary N) is 1. The molecule has 2 aromatic carbocycles. The lowest BCUT2D eigenvalue weighted by Crippen LogP contribution is -2.07. The highest BCUT2D eigenvalue weighted by atomic mass is 127. The topological polar surface area (TPSA) is 30.5 Å². The summed E-state index contributed by atoms with van der Waals surface area (Å²) >= 11 is 2.31. The molecule has 0 amide bonds. The zero-order valence-corrected chi connectivity index (χ0v) is 14.7. The summed E-state index contributed by atoms with van der Waals surface area (Å²) < 4.78 is 11.8. The molecule has 0 spiro atoms. The van der Waals surface area contributed by atoms with Crippen molar-refractivity contribution in [3.63, 3.8) is 0 Å². The maximum Gasteiger partial charge on any atom is 0.124 e. The first-order chi connectivity index (χ1) is 10.1. The van der Waals surface area contributed by atoms with Gasteiger partial charge in [-0.3, -0.25) is 0 Å². The average Bonchev–Trinajstić information content (AvgIpc) is 2.50. The molecule has 0 saturated carbocycles. The second-order valence-electron chi connectivity index (χ2n) is 4.88. The van der Waals surface area contributed by atoms with Crippen LogP contribution >= 0.6 is 22.6 Å². The van der Waals surface area contributed by atoms with E-state index >= 15 is 0 Å². The molecular formula is C17H20INO2. The Morgan fingerprint density at radius 1 is 1.10 bits per heavy atom. The smallest absolute Gasteiger partial charge is 0.124 e. The molecule has 1 atom stereocenters. The number of benzene rings is 2. The minimum atomic E-state index is 0.214. The fraction of sp³-hybridized carbons (Fsp3) is 0.294. The van der Waals surface area contributed by atoms with Crippen LogP contribution in [0.15, 0.2) is 42.5 Å². The number of ether oxygens (including phenoxy) is 2. The SMILES string of the molecule is COCc1cc(C(C)Nc2ccc(I)cc2)ccc1OC. The van der Waals surface area contributed by atoms with Crippen LogP contribution < -0.4 is 10.1 Å². The highest BCUT2D eigenvalue weighted by Crippen LogP contribution is 2.26. The van der Waals surface area contributed by atoms with Gasteiger partial charge in [-0.2, -0.15) is 0 Å². The lowest BCUT2D eigenvalue weighted by Gasteiger charge is -2.18. The normalized spacial score (nSPS) is 12.0. The van der Waals surface area contributed by atoms with Crippen molar-refractivity contribution in [1.82, 2.24) is 0 Å². The van der Waals surface area contributed by atoms with Crippen LogP contribution in [0.5, 0.6) is 5.75 Å². The Hall–Kier alpha value is -1.27. The van der Waals surface area contributed by atoms with Gasteiger partial charge in [0.05, 0.1) is 13.7 Å². The fourth-order valence-corrected chi connectivity index (χ4v) is 2.58. The van der Waals surface area contributed by atoms with Gasteiger partial charge < -0.3 is 14.8 Å². The number of hydrogen-bond donors (Lipinski definition) is 1.